The number of hydrogen-bond donors (Lipinski definition) is 1. The predicted octanol–water partition coefficient (Wildman–Crippen LogP) is 0.153. The molecule has 0 aromatic heterocycles. The Kier molecular flexibility index (Phi) is 3.05. The first kappa shape index (κ1) is 10.2. The number of amides is 2. The lowest BCUT2D eigenvalue weighted by molar-refractivity contribution is -0.00627. The molecule has 6 heteroatoms. The van der Waals surface area contributed by atoms with Gasteiger partial charge in [0, 0.05) is 6.61 Å². The normalized spacial score (nSPS) is 26.0. The van der Waals surface area contributed by atoms with Gasteiger partial charge in [-0.3, -0.25) is 9.91 Å². The van der Waals surface area contributed by atoms with Gasteiger partial charge in [-0.15, -0.1) is 0 Å². The molecular weight excluding hydrogens is 196 g/mol. The third-order valence-electron chi connectivity index (χ3n) is 2.64. The molecule has 1 unspecified atom stereocenters. The van der Waals surface area contributed by atoms with Crippen LogP contribution in [0.15, 0.2) is 5.10 Å². The van der Waals surface area contributed by atoms with Crippen LogP contribution < -0.4 is 5.73 Å². The molecule has 1 saturated heterocycles. The molecule has 0 aromatic rings. The van der Waals surface area contributed by atoms with Gasteiger partial charge in [-0.05, 0) is 19.3 Å². The summed E-state index contributed by atoms with van der Waals surface area (Å²) in [4.78, 5) is 12.2. The quantitative estimate of drug-likeness (QED) is 0.708. The van der Waals surface area contributed by atoms with E-state index in [0.29, 0.717) is 6.67 Å². The number of nitrogens with zero attached hydrogens (tertiary/aromatic N) is 3. The van der Waals surface area contributed by atoms with Crippen LogP contribution in [0.1, 0.15) is 19.3 Å². The van der Waals surface area contributed by atoms with E-state index in [9.17, 15) is 4.79 Å². The SMILES string of the molecule is NC(=O)N1C=NN(CC2CCCCO2)C1. The average Bonchev–Trinajstić information content (AvgIpc) is 2.68. The summed E-state index contributed by atoms with van der Waals surface area (Å²) in [7, 11) is 0. The van der Waals surface area contributed by atoms with Crippen molar-refractivity contribution in [3.8, 4) is 0 Å². The van der Waals surface area contributed by atoms with Crippen LogP contribution in [0.3, 0.4) is 0 Å². The number of carbonyl (C=O) groups excluding carboxylic acids is 1. The number of ether oxygens (including phenoxy) is 1. The van der Waals surface area contributed by atoms with E-state index in [0.717, 1.165) is 26.0 Å². The molecule has 84 valence electrons. The maximum absolute atomic E-state index is 10.8. The second-order valence-electron chi connectivity index (χ2n) is 3.86. The molecule has 1 atom stereocenters. The fourth-order valence-electron chi connectivity index (χ4n) is 1.80. The topological polar surface area (TPSA) is 71.2 Å². The van der Waals surface area contributed by atoms with Gasteiger partial charge in [-0.2, -0.15) is 5.10 Å². The second-order valence-corrected chi connectivity index (χ2v) is 3.86. The first-order valence-corrected chi connectivity index (χ1v) is 5.22. The zero-order valence-electron chi connectivity index (χ0n) is 8.63. The maximum atomic E-state index is 10.8. The first-order chi connectivity index (χ1) is 7.25. The molecule has 1 fully saturated rings. The molecule has 0 aromatic carbocycles. The van der Waals surface area contributed by atoms with E-state index in [1.54, 1.807) is 5.01 Å². The van der Waals surface area contributed by atoms with Gasteiger partial charge in [0.2, 0.25) is 0 Å². The Bertz CT molecular complexity index is 263. The van der Waals surface area contributed by atoms with Crippen LogP contribution >= 0.6 is 0 Å². The number of rotatable bonds is 2. The third kappa shape index (κ3) is 2.59. The minimum atomic E-state index is -0.467. The van der Waals surface area contributed by atoms with Gasteiger partial charge in [-0.1, -0.05) is 0 Å². The van der Waals surface area contributed by atoms with Crippen LogP contribution in [0.4, 0.5) is 4.79 Å². The van der Waals surface area contributed by atoms with Crippen LogP contribution in [-0.2, 0) is 4.74 Å². The Labute approximate surface area is 88.6 Å². The highest BCUT2D eigenvalue weighted by Gasteiger charge is 2.22. The minimum absolute atomic E-state index is 0.240. The zero-order chi connectivity index (χ0) is 10.7. The zero-order valence-corrected chi connectivity index (χ0v) is 8.63. The lowest BCUT2D eigenvalue weighted by Crippen LogP contribution is -2.39. The monoisotopic (exact) mass is 212 g/mol. The number of urea groups is 1. The van der Waals surface area contributed by atoms with Crippen molar-refractivity contribution in [2.24, 2.45) is 10.8 Å². The van der Waals surface area contributed by atoms with Gasteiger partial charge in [0.1, 0.15) is 13.0 Å². The summed E-state index contributed by atoms with van der Waals surface area (Å²) in [5.41, 5.74) is 5.13. The smallest absolute Gasteiger partial charge is 0.321 e. The summed E-state index contributed by atoms with van der Waals surface area (Å²) in [6.07, 6.45) is 5.13. The molecule has 15 heavy (non-hydrogen) atoms. The highest BCUT2D eigenvalue weighted by molar-refractivity contribution is 5.85. The van der Waals surface area contributed by atoms with Gasteiger partial charge < -0.3 is 10.5 Å². The molecule has 0 aliphatic carbocycles. The number of primary amides is 1. The molecule has 0 saturated carbocycles. The van der Waals surface area contributed by atoms with Gasteiger partial charge in [0.15, 0.2) is 0 Å². The Morgan fingerprint density at radius 2 is 2.47 bits per heavy atom. The van der Waals surface area contributed by atoms with Gasteiger partial charge in [-0.25, -0.2) is 4.79 Å². The van der Waals surface area contributed by atoms with Crippen molar-refractivity contribution >= 4 is 12.4 Å². The predicted molar refractivity (Wildman–Crippen MR) is 55.1 cm³/mol. The van der Waals surface area contributed by atoms with Crippen molar-refractivity contribution in [2.45, 2.75) is 25.4 Å². The Hall–Kier alpha value is -1.30. The number of nitrogens with two attached hydrogens (primary N) is 1. The molecule has 2 heterocycles. The van der Waals surface area contributed by atoms with Crippen LogP contribution in [0.2, 0.25) is 0 Å². The highest BCUT2D eigenvalue weighted by atomic mass is 16.5. The molecule has 0 bridgehead atoms. The van der Waals surface area contributed by atoms with E-state index in [-0.39, 0.29) is 6.10 Å². The van der Waals surface area contributed by atoms with E-state index >= 15 is 0 Å². The molecule has 2 aliphatic rings. The fourth-order valence-corrected chi connectivity index (χ4v) is 1.80. The van der Waals surface area contributed by atoms with Gasteiger partial charge in [0.25, 0.3) is 0 Å². The van der Waals surface area contributed by atoms with Gasteiger partial charge >= 0.3 is 6.03 Å². The largest absolute Gasteiger partial charge is 0.376 e. The molecule has 0 radical (unpaired) electrons. The molecule has 2 N–H and O–H groups in total. The summed E-state index contributed by atoms with van der Waals surface area (Å²) < 4.78 is 5.59. The molecule has 2 rings (SSSR count). The van der Waals surface area contributed by atoms with Crippen LogP contribution in [0.5, 0.6) is 0 Å². The second kappa shape index (κ2) is 4.48. The standard InChI is InChI=1S/C9H16N4O2/c10-9(14)12-6-11-13(7-12)5-8-3-1-2-4-15-8/h6,8H,1-5,7H2,(H2,10,14). The molecular formula is C9H16N4O2. The summed E-state index contributed by atoms with van der Waals surface area (Å²) in [5, 5.41) is 5.89. The summed E-state index contributed by atoms with van der Waals surface area (Å²) in [5.74, 6) is 0. The van der Waals surface area contributed by atoms with Crippen molar-refractivity contribution in [1.29, 1.82) is 0 Å². The molecule has 0 spiro atoms. The minimum Gasteiger partial charge on any atom is -0.376 e. The number of hydrogen-bond acceptors (Lipinski definition) is 4. The Balaban J connectivity index is 1.77. The Morgan fingerprint density at radius 1 is 1.60 bits per heavy atom. The lowest BCUT2D eigenvalue weighted by atomic mass is 10.1. The van der Waals surface area contributed by atoms with Crippen molar-refractivity contribution in [3.05, 3.63) is 0 Å². The number of hydrazone groups is 1. The van der Waals surface area contributed by atoms with E-state index in [1.807, 2.05) is 0 Å². The van der Waals surface area contributed by atoms with Crippen LogP contribution in [-0.4, -0.2) is 48.2 Å². The fraction of sp³-hybridized carbons (Fsp3) is 0.778. The van der Waals surface area contributed by atoms with E-state index in [1.165, 1.54) is 17.7 Å². The molecule has 6 nitrogen and oxygen atoms in total. The first-order valence-electron chi connectivity index (χ1n) is 5.22. The van der Waals surface area contributed by atoms with E-state index in [4.69, 9.17) is 10.5 Å². The van der Waals surface area contributed by atoms with Crippen molar-refractivity contribution in [2.75, 3.05) is 19.8 Å². The molecule has 2 amide bonds. The Morgan fingerprint density at radius 3 is 3.07 bits per heavy atom. The maximum Gasteiger partial charge on any atom is 0.321 e. The molecule has 2 aliphatic heterocycles. The van der Waals surface area contributed by atoms with Crippen molar-refractivity contribution in [3.63, 3.8) is 0 Å². The van der Waals surface area contributed by atoms with E-state index < -0.39 is 6.03 Å². The van der Waals surface area contributed by atoms with Crippen molar-refractivity contribution in [1.82, 2.24) is 9.91 Å². The average molecular weight is 212 g/mol. The van der Waals surface area contributed by atoms with Crippen LogP contribution in [0, 0.1) is 0 Å². The van der Waals surface area contributed by atoms with Crippen molar-refractivity contribution < 1.29 is 9.53 Å². The number of carbonyl (C=O) groups is 1. The highest BCUT2D eigenvalue weighted by Crippen LogP contribution is 2.15. The van der Waals surface area contributed by atoms with Crippen LogP contribution in [0.25, 0.3) is 0 Å². The van der Waals surface area contributed by atoms with E-state index in [2.05, 4.69) is 5.10 Å². The summed E-state index contributed by atoms with van der Waals surface area (Å²) >= 11 is 0. The third-order valence-corrected chi connectivity index (χ3v) is 2.64. The summed E-state index contributed by atoms with van der Waals surface area (Å²) in [6.45, 7) is 2.01. The summed E-state index contributed by atoms with van der Waals surface area (Å²) in [6, 6.07) is -0.467. The van der Waals surface area contributed by atoms with Gasteiger partial charge in [0.05, 0.1) is 12.6 Å². The lowest BCUT2D eigenvalue weighted by Gasteiger charge is -2.26.